The molecular formula is C83H113Cl6N11O15S3. The fraction of sp³-hybridized carbons (Fsp3) is 0.530. The lowest BCUT2D eigenvalue weighted by atomic mass is 9.85. The summed E-state index contributed by atoms with van der Waals surface area (Å²) in [4.78, 5) is 53.4. The number of benzene rings is 6. The van der Waals surface area contributed by atoms with Crippen molar-refractivity contribution in [3.63, 3.8) is 0 Å². The molecule has 3 aliphatic rings. The Labute approximate surface area is 726 Å². The van der Waals surface area contributed by atoms with Crippen molar-refractivity contribution < 1.29 is 68.1 Å². The number of ether oxygens (including phenoxy) is 6. The number of carbonyl (C=O) groups is 3. The summed E-state index contributed by atoms with van der Waals surface area (Å²) in [6.07, 6.45) is 2.46. The first kappa shape index (κ1) is 96.1. The van der Waals surface area contributed by atoms with Crippen molar-refractivity contribution in [3.05, 3.63) is 189 Å². The second kappa shape index (κ2) is 47.8. The third-order valence-corrected chi connectivity index (χ3v) is 27.5. The molecule has 4 N–H and O–H groups in total. The predicted octanol–water partition coefficient (Wildman–Crippen LogP) is 11.8. The molecule has 0 aromatic heterocycles. The zero-order valence-electron chi connectivity index (χ0n) is 68.1. The van der Waals surface area contributed by atoms with E-state index in [1.54, 1.807) is 93.9 Å². The standard InChI is InChI=1S/C83H113Cl6N11O15S3/c1-94-54-63-45-64(84)53-79(89)80(63)74(57-94)62-17-9-20-69(48-62)118(108,109)93-24-33-112-39-42-115-36-30-99(6)83(103)92-23-12-27-100(25-10-21-90-81(101)97(4)28-34-113-40-37-110-31-13-43-116(104,105)67-18-7-15-60(46-67)72-55-95(2)58-75-70(72)49-65(85)51-77(75)87)26-11-22-91-82(102)98(5)29-35-114-41-38-111-32-14-44-117(106,107)68-19-8-16-61(47-68)73-56-96(3)59-76-71(73)50-66(86)52-78(76)88/h7-9,15-20,45-53,72-74,93H,10-14,21-44,54-59H2,1-6H3,(H,90,101)(H,91,102)(H,92,103)/t72-,73-,74-/m0/s1. The SMILES string of the molecule is CN1Cc2c(Cl)cc(Cl)cc2[C@H](c2cccc(S(=O)(=O)CCCOCCOCCN(C)C(=O)NCCCN(CCCNC(=O)N(C)CCOCCOCCCS(=O)(=O)c3cccc([C@@H]4CN(C)Cc5c(Cl)cc(Cl)cc54)c3)CCCNC(=O)N(C)CCOCCOCCNS(=O)(=O)c3cccc([C@@H]4CN(C)Cc5cc(Cl)cc(Cl)c54)c3)c2)C1. The third kappa shape index (κ3) is 29.8. The Morgan fingerprint density at radius 3 is 1.19 bits per heavy atom. The largest absolute Gasteiger partial charge is 0.379 e. The number of sulfonamides is 1. The summed E-state index contributed by atoms with van der Waals surface area (Å²) in [5, 5.41) is 12.3. The maximum atomic E-state index is 13.5. The predicted molar refractivity (Wildman–Crippen MR) is 465 cm³/mol. The van der Waals surface area contributed by atoms with Gasteiger partial charge >= 0.3 is 18.1 Å². The van der Waals surface area contributed by atoms with Crippen LogP contribution in [0.4, 0.5) is 14.4 Å². The van der Waals surface area contributed by atoms with Gasteiger partial charge < -0.3 is 78.7 Å². The second-order valence-electron chi connectivity index (χ2n) is 30.1. The van der Waals surface area contributed by atoms with Gasteiger partial charge in [0.05, 0.1) is 92.3 Å². The molecule has 26 nitrogen and oxygen atoms in total. The van der Waals surface area contributed by atoms with Crippen LogP contribution in [0.25, 0.3) is 0 Å². The van der Waals surface area contributed by atoms with Gasteiger partial charge in [0, 0.05) is 167 Å². The molecule has 6 aromatic carbocycles. The molecule has 0 radical (unpaired) electrons. The van der Waals surface area contributed by atoms with Gasteiger partial charge in [0.25, 0.3) is 0 Å². The number of nitrogens with one attached hydrogen (secondary N) is 4. The van der Waals surface area contributed by atoms with E-state index >= 15 is 0 Å². The molecule has 0 aliphatic carbocycles. The number of hydrogen-bond acceptors (Lipinski definition) is 19. The van der Waals surface area contributed by atoms with Gasteiger partial charge in [-0.25, -0.2) is 44.4 Å². The minimum atomic E-state index is -3.85. The number of hydrogen-bond donors (Lipinski definition) is 4. The van der Waals surface area contributed by atoms with E-state index in [1.807, 2.05) is 57.5 Å². The van der Waals surface area contributed by atoms with Gasteiger partial charge in [-0.15, -0.1) is 0 Å². The minimum absolute atomic E-state index is 0.0487. The number of nitrogens with zero attached hydrogens (tertiary/aromatic N) is 7. The number of sulfone groups is 2. The number of urea groups is 3. The van der Waals surface area contributed by atoms with Gasteiger partial charge in [0.1, 0.15) is 0 Å². The van der Waals surface area contributed by atoms with Gasteiger partial charge in [-0.3, -0.25) is 0 Å². The van der Waals surface area contributed by atoms with Crippen molar-refractivity contribution in [1.82, 2.24) is 55.0 Å². The Bertz CT molecular complexity index is 4450. The van der Waals surface area contributed by atoms with Crippen molar-refractivity contribution in [3.8, 4) is 0 Å². The molecule has 0 saturated heterocycles. The van der Waals surface area contributed by atoms with Crippen molar-refractivity contribution >= 4 is 117 Å². The Morgan fingerprint density at radius 2 is 0.754 bits per heavy atom. The first-order chi connectivity index (χ1) is 56.5. The molecule has 9 rings (SSSR count). The highest BCUT2D eigenvalue weighted by Crippen LogP contribution is 2.43. The van der Waals surface area contributed by atoms with E-state index in [0.29, 0.717) is 160 Å². The number of halogens is 6. The molecule has 0 saturated carbocycles. The van der Waals surface area contributed by atoms with Crippen LogP contribution in [0, 0.1) is 0 Å². The molecule has 0 spiro atoms. The minimum Gasteiger partial charge on any atom is -0.379 e. The summed E-state index contributed by atoms with van der Waals surface area (Å²) >= 11 is 39.0. The van der Waals surface area contributed by atoms with Crippen molar-refractivity contribution in [2.45, 2.75) is 84.2 Å². The highest BCUT2D eigenvalue weighted by atomic mass is 35.5. The average Bonchev–Trinajstić information content (AvgIpc) is 0.779. The first-order valence-electron chi connectivity index (χ1n) is 39.9. The van der Waals surface area contributed by atoms with Gasteiger partial charge in [-0.1, -0.05) is 106 Å². The molecule has 6 amide bonds. The van der Waals surface area contributed by atoms with E-state index in [4.69, 9.17) is 98.0 Å². The number of likely N-dealkylation sites (N-methyl/N-ethyl adjacent to an activating group) is 6. The Morgan fingerprint density at radius 1 is 0.398 bits per heavy atom. The van der Waals surface area contributed by atoms with Crippen molar-refractivity contribution in [2.75, 3.05) is 218 Å². The van der Waals surface area contributed by atoms with E-state index in [9.17, 15) is 39.6 Å². The van der Waals surface area contributed by atoms with Crippen LogP contribution >= 0.6 is 69.6 Å². The Hall–Kier alpha value is -5.72. The lowest BCUT2D eigenvalue weighted by Crippen LogP contribution is -2.42. The summed E-state index contributed by atoms with van der Waals surface area (Å²) in [5.41, 5.74) is 8.51. The average molecular weight is 1810 g/mol. The lowest BCUT2D eigenvalue weighted by molar-refractivity contribution is 0.0436. The van der Waals surface area contributed by atoms with Crippen LogP contribution in [-0.4, -0.2) is 296 Å². The molecule has 6 aromatic rings. The third-order valence-electron chi connectivity index (χ3n) is 20.9. The van der Waals surface area contributed by atoms with Crippen molar-refractivity contribution in [2.24, 2.45) is 0 Å². The van der Waals surface area contributed by atoms with E-state index in [1.165, 1.54) is 14.7 Å². The maximum Gasteiger partial charge on any atom is 0.317 e. The quantitative estimate of drug-likeness (QED) is 0.0258. The fourth-order valence-electron chi connectivity index (χ4n) is 14.6. The Kier molecular flexibility index (Phi) is 38.9. The van der Waals surface area contributed by atoms with E-state index < -0.39 is 29.7 Å². The molecule has 650 valence electrons. The molecule has 0 fully saturated rings. The van der Waals surface area contributed by atoms with Crippen LogP contribution in [0.5, 0.6) is 0 Å². The van der Waals surface area contributed by atoms with Crippen LogP contribution in [0.2, 0.25) is 30.1 Å². The van der Waals surface area contributed by atoms with Crippen LogP contribution in [0.15, 0.2) is 124 Å². The molecule has 35 heteroatoms. The normalized spacial score (nSPS) is 16.0. The van der Waals surface area contributed by atoms with Gasteiger partial charge in [0.15, 0.2) is 19.7 Å². The number of amides is 6. The number of rotatable bonds is 48. The smallest absolute Gasteiger partial charge is 0.317 e. The van der Waals surface area contributed by atoms with Gasteiger partial charge in [0.2, 0.25) is 10.0 Å². The molecule has 0 bridgehead atoms. The number of fused-ring (bicyclic) bond motifs is 3. The van der Waals surface area contributed by atoms with E-state index in [-0.39, 0.29) is 148 Å². The summed E-state index contributed by atoms with van der Waals surface area (Å²) in [6.45, 7) is 10.9. The zero-order chi connectivity index (χ0) is 84.9. The molecule has 118 heavy (non-hydrogen) atoms. The Balaban J connectivity index is 0.635. The summed E-state index contributed by atoms with van der Waals surface area (Å²) in [5.74, 6) is -0.502. The number of carbonyl (C=O) groups excluding carboxylic acids is 3. The molecular weight excluding hydrogens is 1700 g/mol. The van der Waals surface area contributed by atoms with Crippen molar-refractivity contribution in [1.29, 1.82) is 0 Å². The van der Waals surface area contributed by atoms with Crippen LogP contribution in [0.3, 0.4) is 0 Å². The van der Waals surface area contributed by atoms with Crippen LogP contribution in [0.1, 0.15) is 99.9 Å². The molecule has 3 aliphatic heterocycles. The molecule has 3 heterocycles. The maximum absolute atomic E-state index is 13.5. The van der Waals surface area contributed by atoms with Crippen LogP contribution in [-0.2, 0) is 77.8 Å². The fourth-order valence-corrected chi connectivity index (χ4v) is 20.1. The highest BCUT2D eigenvalue weighted by Gasteiger charge is 2.33. The highest BCUT2D eigenvalue weighted by molar-refractivity contribution is 7.91. The summed E-state index contributed by atoms with van der Waals surface area (Å²) in [6, 6.07) is 31.2. The summed E-state index contributed by atoms with van der Waals surface area (Å²) < 4.78 is 118. The van der Waals surface area contributed by atoms with E-state index in [0.717, 1.165) is 50.1 Å². The molecule has 3 atom stereocenters. The van der Waals surface area contributed by atoms with Crippen LogP contribution < -0.4 is 20.7 Å². The zero-order valence-corrected chi connectivity index (χ0v) is 75.1. The molecule has 0 unspecified atom stereocenters. The monoisotopic (exact) mass is 1810 g/mol. The summed E-state index contributed by atoms with van der Waals surface area (Å²) in [7, 11) is -0.00357. The first-order valence-corrected chi connectivity index (χ1v) is 46.9. The lowest BCUT2D eigenvalue weighted by Gasteiger charge is -2.33. The van der Waals surface area contributed by atoms with E-state index in [2.05, 4.69) is 40.3 Å². The van der Waals surface area contributed by atoms with Gasteiger partial charge in [-0.2, -0.15) is 0 Å². The van der Waals surface area contributed by atoms with Gasteiger partial charge in [-0.05, 0) is 196 Å². The topological polar surface area (TPSA) is 280 Å². The second-order valence-corrected chi connectivity index (χ2v) is 38.6.